The number of aromatic nitrogens is 2. The number of carbonyl (C=O) groups is 1. The highest BCUT2D eigenvalue weighted by Crippen LogP contribution is 2.22. The van der Waals surface area contributed by atoms with Crippen LogP contribution in [0.5, 0.6) is 0 Å². The number of nitrogens with zero attached hydrogens (tertiary/aromatic N) is 3. The molecule has 2 aromatic rings. The Kier molecular flexibility index (Phi) is 3.28. The maximum Gasteiger partial charge on any atom is 0.356 e. The van der Waals surface area contributed by atoms with Crippen molar-refractivity contribution < 1.29 is 9.90 Å². The Labute approximate surface area is 117 Å². The summed E-state index contributed by atoms with van der Waals surface area (Å²) in [5.41, 5.74) is 3.25. The molecule has 0 saturated heterocycles. The number of likely N-dealkylation sites (N-methyl/N-ethyl adjacent to an activating group) is 1. The lowest BCUT2D eigenvalue weighted by atomic mass is 10.1. The van der Waals surface area contributed by atoms with Crippen molar-refractivity contribution in [3.05, 3.63) is 52.8 Å². The van der Waals surface area contributed by atoms with E-state index in [4.69, 9.17) is 0 Å². The fourth-order valence-electron chi connectivity index (χ4n) is 2.68. The zero-order valence-electron chi connectivity index (χ0n) is 11.4. The highest BCUT2D eigenvalue weighted by molar-refractivity contribution is 5.87. The predicted octanol–water partition coefficient (Wildman–Crippen LogP) is 1.62. The molecule has 0 saturated carbocycles. The third kappa shape index (κ3) is 2.32. The smallest absolute Gasteiger partial charge is 0.356 e. The topological polar surface area (TPSA) is 58.4 Å². The fourth-order valence-corrected chi connectivity index (χ4v) is 2.68. The van der Waals surface area contributed by atoms with Crippen LogP contribution in [0.15, 0.2) is 30.3 Å². The van der Waals surface area contributed by atoms with Gasteiger partial charge in [-0.05, 0) is 12.6 Å². The Balaban J connectivity index is 1.99. The number of aromatic carboxylic acids is 1. The molecule has 20 heavy (non-hydrogen) atoms. The van der Waals surface area contributed by atoms with Gasteiger partial charge >= 0.3 is 5.97 Å². The molecule has 0 spiro atoms. The number of carboxylic acid groups (broad SMARTS) is 1. The minimum Gasteiger partial charge on any atom is -0.476 e. The molecule has 1 N–H and O–H groups in total. The van der Waals surface area contributed by atoms with Gasteiger partial charge in [-0.1, -0.05) is 30.3 Å². The standard InChI is InChI=1S/C15H17N3O2/c1-17-8-7-13-12(10-17)14(15(19)20)16-18(13)9-11-5-3-2-4-6-11/h2-6H,7-10H2,1H3,(H,19,20). The van der Waals surface area contributed by atoms with Gasteiger partial charge in [0, 0.05) is 30.8 Å². The van der Waals surface area contributed by atoms with E-state index in [0.29, 0.717) is 13.1 Å². The molecule has 104 valence electrons. The number of hydrogen-bond acceptors (Lipinski definition) is 3. The van der Waals surface area contributed by atoms with E-state index in [9.17, 15) is 9.90 Å². The van der Waals surface area contributed by atoms with E-state index in [2.05, 4.69) is 10.00 Å². The average molecular weight is 271 g/mol. The molecule has 0 amide bonds. The first-order valence-corrected chi connectivity index (χ1v) is 6.69. The number of fused-ring (bicyclic) bond motifs is 1. The Morgan fingerprint density at radius 2 is 2.10 bits per heavy atom. The minimum atomic E-state index is -0.941. The Morgan fingerprint density at radius 1 is 1.35 bits per heavy atom. The summed E-state index contributed by atoms with van der Waals surface area (Å²) < 4.78 is 1.85. The molecule has 0 bridgehead atoms. The summed E-state index contributed by atoms with van der Waals surface area (Å²) in [6, 6.07) is 10.0. The summed E-state index contributed by atoms with van der Waals surface area (Å²) in [6.07, 6.45) is 0.846. The number of rotatable bonds is 3. The summed E-state index contributed by atoms with van der Waals surface area (Å²) in [5.74, 6) is -0.941. The van der Waals surface area contributed by atoms with Crippen LogP contribution in [0.1, 0.15) is 27.3 Å². The van der Waals surface area contributed by atoms with E-state index in [1.165, 1.54) is 0 Å². The lowest BCUT2D eigenvalue weighted by Crippen LogP contribution is -2.28. The first kappa shape index (κ1) is 12.9. The summed E-state index contributed by atoms with van der Waals surface area (Å²) in [7, 11) is 2.00. The van der Waals surface area contributed by atoms with Crippen LogP contribution in [-0.4, -0.2) is 39.3 Å². The van der Waals surface area contributed by atoms with Crippen LogP contribution >= 0.6 is 0 Å². The molecule has 1 aliphatic rings. The van der Waals surface area contributed by atoms with Crippen molar-refractivity contribution in [2.45, 2.75) is 19.5 Å². The van der Waals surface area contributed by atoms with Crippen LogP contribution in [0.25, 0.3) is 0 Å². The number of benzene rings is 1. The van der Waals surface area contributed by atoms with Gasteiger partial charge in [-0.2, -0.15) is 5.10 Å². The Morgan fingerprint density at radius 3 is 2.80 bits per heavy atom. The molecule has 1 aromatic heterocycles. The third-order valence-corrected chi connectivity index (χ3v) is 3.70. The monoisotopic (exact) mass is 271 g/mol. The molecule has 1 aliphatic heterocycles. The quantitative estimate of drug-likeness (QED) is 0.921. The maximum absolute atomic E-state index is 11.4. The lowest BCUT2D eigenvalue weighted by molar-refractivity contribution is 0.0687. The summed E-state index contributed by atoms with van der Waals surface area (Å²) in [5, 5.41) is 13.6. The highest BCUT2D eigenvalue weighted by atomic mass is 16.4. The zero-order valence-corrected chi connectivity index (χ0v) is 11.4. The normalized spacial score (nSPS) is 15.1. The Bertz CT molecular complexity index is 634. The predicted molar refractivity (Wildman–Crippen MR) is 74.8 cm³/mol. The second kappa shape index (κ2) is 5.09. The van der Waals surface area contributed by atoms with E-state index in [1.807, 2.05) is 42.1 Å². The largest absolute Gasteiger partial charge is 0.476 e. The Hall–Kier alpha value is -2.14. The summed E-state index contributed by atoms with van der Waals surface area (Å²) in [6.45, 7) is 2.22. The van der Waals surface area contributed by atoms with Gasteiger partial charge in [0.25, 0.3) is 0 Å². The van der Waals surface area contributed by atoms with E-state index in [1.54, 1.807) is 0 Å². The molecule has 3 rings (SSSR count). The zero-order chi connectivity index (χ0) is 14.1. The van der Waals surface area contributed by atoms with Crippen molar-refractivity contribution in [3.63, 3.8) is 0 Å². The van der Waals surface area contributed by atoms with Crippen molar-refractivity contribution in [2.24, 2.45) is 0 Å². The molecule has 0 atom stereocenters. The van der Waals surface area contributed by atoms with E-state index in [0.717, 1.165) is 29.8 Å². The van der Waals surface area contributed by atoms with Gasteiger partial charge in [-0.3, -0.25) is 4.68 Å². The van der Waals surface area contributed by atoms with Crippen molar-refractivity contribution in [3.8, 4) is 0 Å². The first-order valence-electron chi connectivity index (χ1n) is 6.69. The fraction of sp³-hybridized carbons (Fsp3) is 0.333. The molecule has 0 unspecified atom stereocenters. The van der Waals surface area contributed by atoms with Crippen LogP contribution in [-0.2, 0) is 19.5 Å². The van der Waals surface area contributed by atoms with Gasteiger partial charge in [0.2, 0.25) is 0 Å². The third-order valence-electron chi connectivity index (χ3n) is 3.70. The number of hydrogen-bond donors (Lipinski definition) is 1. The van der Waals surface area contributed by atoms with Crippen molar-refractivity contribution in [1.29, 1.82) is 0 Å². The van der Waals surface area contributed by atoms with Crippen LogP contribution < -0.4 is 0 Å². The highest BCUT2D eigenvalue weighted by Gasteiger charge is 2.26. The molecular weight excluding hydrogens is 254 g/mol. The molecule has 0 aliphatic carbocycles. The summed E-state index contributed by atoms with van der Waals surface area (Å²) >= 11 is 0. The first-order chi connectivity index (χ1) is 9.65. The van der Waals surface area contributed by atoms with Crippen molar-refractivity contribution in [2.75, 3.05) is 13.6 Å². The summed E-state index contributed by atoms with van der Waals surface area (Å²) in [4.78, 5) is 13.5. The molecule has 2 heterocycles. The van der Waals surface area contributed by atoms with E-state index >= 15 is 0 Å². The second-order valence-electron chi connectivity index (χ2n) is 5.21. The van der Waals surface area contributed by atoms with Gasteiger partial charge in [0.05, 0.1) is 6.54 Å². The van der Waals surface area contributed by atoms with Gasteiger partial charge in [0.1, 0.15) is 0 Å². The SMILES string of the molecule is CN1CCc2c(c(C(=O)O)nn2Cc2ccccc2)C1. The van der Waals surface area contributed by atoms with Crippen molar-refractivity contribution in [1.82, 2.24) is 14.7 Å². The minimum absolute atomic E-state index is 0.197. The number of carboxylic acids is 1. The molecule has 1 aromatic carbocycles. The van der Waals surface area contributed by atoms with Crippen LogP contribution in [0.4, 0.5) is 0 Å². The molecule has 0 radical (unpaired) electrons. The van der Waals surface area contributed by atoms with E-state index < -0.39 is 5.97 Å². The van der Waals surface area contributed by atoms with Gasteiger partial charge in [0.15, 0.2) is 5.69 Å². The van der Waals surface area contributed by atoms with Gasteiger partial charge in [-0.15, -0.1) is 0 Å². The second-order valence-corrected chi connectivity index (χ2v) is 5.21. The van der Waals surface area contributed by atoms with Crippen molar-refractivity contribution >= 4 is 5.97 Å². The molecule has 5 nitrogen and oxygen atoms in total. The average Bonchev–Trinajstić information content (AvgIpc) is 2.78. The van der Waals surface area contributed by atoms with Gasteiger partial charge < -0.3 is 10.0 Å². The van der Waals surface area contributed by atoms with Crippen LogP contribution in [0, 0.1) is 0 Å². The molecule has 5 heteroatoms. The van der Waals surface area contributed by atoms with Crippen LogP contribution in [0.3, 0.4) is 0 Å². The molecular formula is C15H17N3O2. The van der Waals surface area contributed by atoms with E-state index in [-0.39, 0.29) is 5.69 Å². The maximum atomic E-state index is 11.4. The van der Waals surface area contributed by atoms with Gasteiger partial charge in [-0.25, -0.2) is 4.79 Å². The van der Waals surface area contributed by atoms with Crippen LogP contribution in [0.2, 0.25) is 0 Å². The lowest BCUT2D eigenvalue weighted by Gasteiger charge is -2.23. The molecule has 0 fully saturated rings.